The zero-order valence-electron chi connectivity index (χ0n) is 17.8. The summed E-state index contributed by atoms with van der Waals surface area (Å²) in [7, 11) is 0. The summed E-state index contributed by atoms with van der Waals surface area (Å²) < 4.78 is 25.4. The number of thiazole rings is 1. The van der Waals surface area contributed by atoms with Crippen LogP contribution in [0.5, 0.6) is 0 Å². The SMILES string of the molecule is CCOC(=O)C1=C(CN2CCO[C@@H](C)C2)NC(c2nccs2)=N[C@H]1c1ccc(F)cc1Br. The highest BCUT2D eigenvalue weighted by Gasteiger charge is 2.35. The first-order chi connectivity index (χ1) is 15.5. The molecule has 0 spiro atoms. The van der Waals surface area contributed by atoms with E-state index in [0.29, 0.717) is 45.3 Å². The maximum absolute atomic E-state index is 13.8. The molecule has 0 amide bonds. The topological polar surface area (TPSA) is 76.0 Å². The van der Waals surface area contributed by atoms with Crippen molar-refractivity contribution in [3.05, 3.63) is 61.9 Å². The molecule has 1 aromatic heterocycles. The molecule has 3 heterocycles. The van der Waals surface area contributed by atoms with Gasteiger partial charge in [-0.15, -0.1) is 11.3 Å². The minimum atomic E-state index is -0.669. The van der Waals surface area contributed by atoms with Gasteiger partial charge in [-0.25, -0.2) is 14.2 Å². The number of amidine groups is 1. The number of hydrogen-bond donors (Lipinski definition) is 1. The van der Waals surface area contributed by atoms with Crippen molar-refractivity contribution in [3.8, 4) is 0 Å². The van der Waals surface area contributed by atoms with Gasteiger partial charge in [0, 0.05) is 41.4 Å². The fraction of sp³-hybridized carbons (Fsp3) is 0.409. The summed E-state index contributed by atoms with van der Waals surface area (Å²) in [6.45, 7) is 6.67. The van der Waals surface area contributed by atoms with Crippen LogP contribution < -0.4 is 5.32 Å². The number of rotatable bonds is 6. The summed E-state index contributed by atoms with van der Waals surface area (Å²) >= 11 is 4.90. The quantitative estimate of drug-likeness (QED) is 0.583. The Kier molecular flexibility index (Phi) is 7.34. The Morgan fingerprint density at radius 3 is 3.00 bits per heavy atom. The van der Waals surface area contributed by atoms with Gasteiger partial charge in [0.1, 0.15) is 11.9 Å². The molecule has 10 heteroatoms. The summed E-state index contributed by atoms with van der Waals surface area (Å²) in [5, 5.41) is 5.93. The number of morpholine rings is 1. The van der Waals surface area contributed by atoms with Crippen LogP contribution in [0, 0.1) is 5.82 Å². The lowest BCUT2D eigenvalue weighted by Crippen LogP contribution is -2.45. The number of ether oxygens (including phenoxy) is 2. The van der Waals surface area contributed by atoms with Gasteiger partial charge in [-0.1, -0.05) is 22.0 Å². The fourth-order valence-electron chi connectivity index (χ4n) is 3.82. The fourth-order valence-corrected chi connectivity index (χ4v) is 4.98. The number of carbonyl (C=O) groups is 1. The zero-order chi connectivity index (χ0) is 22.7. The number of hydrogen-bond acceptors (Lipinski definition) is 8. The molecule has 1 N–H and O–H groups in total. The van der Waals surface area contributed by atoms with Gasteiger partial charge in [0.05, 0.1) is 24.9 Å². The third kappa shape index (κ3) is 5.09. The molecule has 0 radical (unpaired) electrons. The van der Waals surface area contributed by atoms with Gasteiger partial charge in [-0.05, 0) is 31.5 Å². The largest absolute Gasteiger partial charge is 0.463 e. The van der Waals surface area contributed by atoms with Crippen molar-refractivity contribution in [1.29, 1.82) is 0 Å². The molecule has 2 atom stereocenters. The van der Waals surface area contributed by atoms with E-state index in [4.69, 9.17) is 14.5 Å². The molecule has 170 valence electrons. The molecule has 32 heavy (non-hydrogen) atoms. The van der Waals surface area contributed by atoms with Crippen LogP contribution >= 0.6 is 27.3 Å². The van der Waals surface area contributed by atoms with E-state index in [1.165, 1.54) is 23.5 Å². The molecular formula is C22H24BrFN4O3S. The normalized spacial score (nSPS) is 21.8. The summed E-state index contributed by atoms with van der Waals surface area (Å²) in [6.07, 6.45) is 1.81. The van der Waals surface area contributed by atoms with E-state index >= 15 is 0 Å². The van der Waals surface area contributed by atoms with Crippen LogP contribution in [0.3, 0.4) is 0 Å². The molecule has 2 aliphatic rings. The number of esters is 1. The molecule has 1 aromatic carbocycles. The van der Waals surface area contributed by atoms with Gasteiger partial charge in [-0.3, -0.25) is 9.89 Å². The Labute approximate surface area is 198 Å². The predicted octanol–water partition coefficient (Wildman–Crippen LogP) is 3.67. The van der Waals surface area contributed by atoms with Crippen LogP contribution in [0.15, 0.2) is 50.5 Å². The first-order valence-corrected chi connectivity index (χ1v) is 12.1. The van der Waals surface area contributed by atoms with Gasteiger partial charge in [0.15, 0.2) is 10.8 Å². The van der Waals surface area contributed by atoms with Crippen molar-refractivity contribution in [2.45, 2.75) is 26.0 Å². The second-order valence-corrected chi connectivity index (χ2v) is 9.29. The third-order valence-corrected chi connectivity index (χ3v) is 6.69. The average molecular weight is 523 g/mol. The number of nitrogens with zero attached hydrogens (tertiary/aromatic N) is 3. The Bertz CT molecular complexity index is 1040. The summed E-state index contributed by atoms with van der Waals surface area (Å²) in [4.78, 5) is 24.6. The molecule has 0 unspecified atom stereocenters. The molecule has 2 aliphatic heterocycles. The molecule has 7 nitrogen and oxygen atoms in total. The third-order valence-electron chi connectivity index (χ3n) is 5.22. The van der Waals surface area contributed by atoms with E-state index in [1.54, 1.807) is 19.2 Å². The zero-order valence-corrected chi connectivity index (χ0v) is 20.2. The highest BCUT2D eigenvalue weighted by atomic mass is 79.9. The molecule has 4 rings (SSSR count). The van der Waals surface area contributed by atoms with E-state index < -0.39 is 12.0 Å². The molecule has 0 bridgehead atoms. The average Bonchev–Trinajstić information content (AvgIpc) is 3.28. The van der Waals surface area contributed by atoms with Crippen LogP contribution in [0.4, 0.5) is 4.39 Å². The van der Waals surface area contributed by atoms with Gasteiger partial charge in [-0.2, -0.15) is 0 Å². The van der Waals surface area contributed by atoms with Gasteiger partial charge < -0.3 is 14.8 Å². The number of aromatic nitrogens is 1. The minimum Gasteiger partial charge on any atom is -0.463 e. The Morgan fingerprint density at radius 2 is 2.31 bits per heavy atom. The number of aliphatic imine (C=N–C) groups is 1. The highest BCUT2D eigenvalue weighted by Crippen LogP contribution is 2.37. The summed E-state index contributed by atoms with van der Waals surface area (Å²) in [5.41, 5.74) is 1.80. The second kappa shape index (κ2) is 10.2. The molecule has 1 fully saturated rings. The first kappa shape index (κ1) is 23.0. The summed E-state index contributed by atoms with van der Waals surface area (Å²) in [6, 6.07) is 3.72. The Hall–Kier alpha value is -2.14. The standard InChI is InChI=1S/C22H24BrFN4O3S/c1-3-30-22(29)18-17(12-28-7-8-31-13(2)11-28)26-20(21-25-6-9-32-21)27-19(18)15-5-4-14(24)10-16(15)23/h4-6,9-10,13,19H,3,7-8,11-12H2,1-2H3,(H,26,27)/t13-,19-/m0/s1. The van der Waals surface area contributed by atoms with E-state index in [1.807, 2.05) is 12.3 Å². The van der Waals surface area contributed by atoms with Crippen LogP contribution in [0.25, 0.3) is 0 Å². The van der Waals surface area contributed by atoms with Crippen molar-refractivity contribution < 1.29 is 18.7 Å². The van der Waals surface area contributed by atoms with Gasteiger partial charge in [0.2, 0.25) is 0 Å². The van der Waals surface area contributed by atoms with Crippen molar-refractivity contribution in [3.63, 3.8) is 0 Å². The predicted molar refractivity (Wildman–Crippen MR) is 124 cm³/mol. The van der Waals surface area contributed by atoms with E-state index in [0.717, 1.165) is 13.1 Å². The van der Waals surface area contributed by atoms with Crippen LogP contribution in [0.2, 0.25) is 0 Å². The van der Waals surface area contributed by atoms with Crippen molar-refractivity contribution in [1.82, 2.24) is 15.2 Å². The van der Waals surface area contributed by atoms with E-state index in [9.17, 15) is 9.18 Å². The second-order valence-electron chi connectivity index (χ2n) is 7.54. The number of carbonyl (C=O) groups excluding carboxylic acids is 1. The number of halogens is 2. The molecule has 0 aliphatic carbocycles. The van der Waals surface area contributed by atoms with Crippen molar-refractivity contribution >= 4 is 39.1 Å². The van der Waals surface area contributed by atoms with Crippen molar-refractivity contribution in [2.75, 3.05) is 32.8 Å². The molecule has 2 aromatic rings. The number of benzene rings is 1. The van der Waals surface area contributed by atoms with Crippen molar-refractivity contribution in [2.24, 2.45) is 4.99 Å². The minimum absolute atomic E-state index is 0.105. The Morgan fingerprint density at radius 1 is 1.47 bits per heavy atom. The van der Waals surface area contributed by atoms with Gasteiger partial charge >= 0.3 is 5.97 Å². The maximum atomic E-state index is 13.8. The lowest BCUT2D eigenvalue weighted by molar-refractivity contribution is -0.139. The van der Waals surface area contributed by atoms with Crippen LogP contribution in [0.1, 0.15) is 30.5 Å². The smallest absolute Gasteiger partial charge is 0.338 e. The van der Waals surface area contributed by atoms with E-state index in [2.05, 4.69) is 31.1 Å². The monoisotopic (exact) mass is 522 g/mol. The lowest BCUT2D eigenvalue weighted by atomic mass is 9.95. The molecule has 0 saturated carbocycles. The van der Waals surface area contributed by atoms with E-state index in [-0.39, 0.29) is 18.5 Å². The van der Waals surface area contributed by atoms with Crippen LogP contribution in [-0.4, -0.2) is 60.6 Å². The Balaban J connectivity index is 1.81. The van der Waals surface area contributed by atoms with Gasteiger partial charge in [0.25, 0.3) is 0 Å². The molecular weight excluding hydrogens is 499 g/mol. The maximum Gasteiger partial charge on any atom is 0.338 e. The molecule has 1 saturated heterocycles. The summed E-state index contributed by atoms with van der Waals surface area (Å²) in [5.74, 6) is -0.243. The first-order valence-electron chi connectivity index (χ1n) is 10.4. The van der Waals surface area contributed by atoms with Crippen LogP contribution in [-0.2, 0) is 14.3 Å². The number of nitrogens with one attached hydrogen (secondary N) is 1. The highest BCUT2D eigenvalue weighted by molar-refractivity contribution is 9.10. The lowest BCUT2D eigenvalue weighted by Gasteiger charge is -2.34.